The molecule has 2 aromatic rings. The summed E-state index contributed by atoms with van der Waals surface area (Å²) in [4.78, 5) is 12.2. The molecule has 0 saturated carbocycles. The van der Waals surface area contributed by atoms with Crippen molar-refractivity contribution >= 4 is 5.91 Å². The molecule has 2 aromatic carbocycles. The molecule has 1 N–H and O–H groups in total. The normalized spacial score (nSPS) is 14.1. The van der Waals surface area contributed by atoms with E-state index in [9.17, 15) is 4.79 Å². The summed E-state index contributed by atoms with van der Waals surface area (Å²) in [6, 6.07) is 11.2. The number of benzene rings is 2. The number of hydrogen-bond acceptors (Lipinski definition) is 5. The number of hydrogen-bond donors (Lipinski definition) is 1. The van der Waals surface area contributed by atoms with Crippen LogP contribution in [0.2, 0.25) is 0 Å². The molecule has 6 heteroatoms. The lowest BCUT2D eigenvalue weighted by Gasteiger charge is -2.18. The van der Waals surface area contributed by atoms with Crippen LogP contribution in [0.1, 0.15) is 25.0 Å². The Morgan fingerprint density at radius 2 is 1.96 bits per heavy atom. The van der Waals surface area contributed by atoms with E-state index in [0.29, 0.717) is 23.8 Å². The highest BCUT2D eigenvalue weighted by atomic mass is 16.5. The quantitative estimate of drug-likeness (QED) is 0.810. The zero-order chi connectivity index (χ0) is 19.4. The first-order valence-electron chi connectivity index (χ1n) is 8.83. The Morgan fingerprint density at radius 1 is 1.15 bits per heavy atom. The number of methoxy groups -OCH3 is 2. The van der Waals surface area contributed by atoms with Crippen molar-refractivity contribution in [1.82, 2.24) is 5.32 Å². The monoisotopic (exact) mass is 371 g/mol. The highest BCUT2D eigenvalue weighted by Gasteiger charge is 2.32. The van der Waals surface area contributed by atoms with E-state index in [1.165, 1.54) is 0 Å². The van der Waals surface area contributed by atoms with Crippen molar-refractivity contribution in [2.45, 2.75) is 32.4 Å². The van der Waals surface area contributed by atoms with Crippen LogP contribution in [0.4, 0.5) is 0 Å². The number of amides is 1. The molecule has 1 heterocycles. The molecule has 1 amide bonds. The molecule has 27 heavy (non-hydrogen) atoms. The topological polar surface area (TPSA) is 66.0 Å². The van der Waals surface area contributed by atoms with Crippen LogP contribution in [0, 0.1) is 0 Å². The third-order valence-electron chi connectivity index (χ3n) is 4.38. The number of nitrogens with one attached hydrogen (secondary N) is 1. The summed E-state index contributed by atoms with van der Waals surface area (Å²) in [5, 5.41) is 2.84. The first-order chi connectivity index (χ1) is 12.9. The van der Waals surface area contributed by atoms with Gasteiger partial charge < -0.3 is 24.3 Å². The molecule has 0 aromatic heterocycles. The van der Waals surface area contributed by atoms with E-state index in [-0.39, 0.29) is 18.1 Å². The Bertz CT molecular complexity index is 831. The first-order valence-corrected chi connectivity index (χ1v) is 8.83. The van der Waals surface area contributed by atoms with Crippen molar-refractivity contribution in [3.05, 3.63) is 47.5 Å². The van der Waals surface area contributed by atoms with E-state index in [1.54, 1.807) is 14.2 Å². The van der Waals surface area contributed by atoms with Crippen molar-refractivity contribution in [1.29, 1.82) is 0 Å². The molecule has 0 atom stereocenters. The van der Waals surface area contributed by atoms with E-state index in [0.717, 1.165) is 23.3 Å². The van der Waals surface area contributed by atoms with Gasteiger partial charge in [-0.25, -0.2) is 0 Å². The van der Waals surface area contributed by atoms with Crippen LogP contribution in [0.25, 0.3) is 0 Å². The second-order valence-corrected chi connectivity index (χ2v) is 7.03. The van der Waals surface area contributed by atoms with E-state index in [4.69, 9.17) is 18.9 Å². The fourth-order valence-corrected chi connectivity index (χ4v) is 3.11. The summed E-state index contributed by atoms with van der Waals surface area (Å²) >= 11 is 0. The minimum Gasteiger partial charge on any atom is -0.497 e. The molecule has 1 aliphatic rings. The number of carbonyl (C=O) groups is 1. The second-order valence-electron chi connectivity index (χ2n) is 7.03. The van der Waals surface area contributed by atoms with Crippen LogP contribution < -0.4 is 24.3 Å². The van der Waals surface area contributed by atoms with E-state index >= 15 is 0 Å². The minimum absolute atomic E-state index is 0.0907. The smallest absolute Gasteiger partial charge is 0.258 e. The molecule has 0 saturated heterocycles. The van der Waals surface area contributed by atoms with Gasteiger partial charge in [0.15, 0.2) is 18.1 Å². The van der Waals surface area contributed by atoms with Crippen LogP contribution in [0.15, 0.2) is 36.4 Å². The maximum absolute atomic E-state index is 12.2. The van der Waals surface area contributed by atoms with Crippen LogP contribution >= 0.6 is 0 Å². The number of para-hydroxylation sites is 1. The first kappa shape index (κ1) is 18.9. The van der Waals surface area contributed by atoms with Crippen molar-refractivity contribution in [3.8, 4) is 23.0 Å². The third kappa shape index (κ3) is 4.45. The number of fused-ring (bicyclic) bond motifs is 1. The minimum atomic E-state index is -0.257. The summed E-state index contributed by atoms with van der Waals surface area (Å²) < 4.78 is 22.2. The van der Waals surface area contributed by atoms with Crippen molar-refractivity contribution in [2.75, 3.05) is 20.8 Å². The van der Waals surface area contributed by atoms with Gasteiger partial charge in [-0.15, -0.1) is 0 Å². The predicted molar refractivity (Wildman–Crippen MR) is 102 cm³/mol. The molecule has 0 unspecified atom stereocenters. The zero-order valence-corrected chi connectivity index (χ0v) is 16.1. The summed E-state index contributed by atoms with van der Waals surface area (Å²) in [7, 11) is 3.19. The predicted octanol–water partition coefficient (Wildman–Crippen LogP) is 3.11. The molecule has 0 fully saturated rings. The summed E-state index contributed by atoms with van der Waals surface area (Å²) in [5.41, 5.74) is 1.67. The van der Waals surface area contributed by atoms with Gasteiger partial charge in [-0.05, 0) is 38.1 Å². The Balaban J connectivity index is 1.58. The number of ether oxygens (including phenoxy) is 4. The van der Waals surface area contributed by atoms with Gasteiger partial charge in [0.25, 0.3) is 5.91 Å². The summed E-state index contributed by atoms with van der Waals surface area (Å²) in [6.45, 7) is 4.29. The van der Waals surface area contributed by atoms with Gasteiger partial charge in [0, 0.05) is 24.1 Å². The summed E-state index contributed by atoms with van der Waals surface area (Å²) in [5.74, 6) is 2.48. The largest absolute Gasteiger partial charge is 0.497 e. The highest BCUT2D eigenvalue weighted by molar-refractivity contribution is 5.77. The molecular weight excluding hydrogens is 346 g/mol. The van der Waals surface area contributed by atoms with Gasteiger partial charge in [-0.3, -0.25) is 4.79 Å². The molecule has 0 radical (unpaired) electrons. The molecule has 144 valence electrons. The van der Waals surface area contributed by atoms with Crippen LogP contribution in [-0.4, -0.2) is 32.3 Å². The van der Waals surface area contributed by atoms with Crippen molar-refractivity contribution in [3.63, 3.8) is 0 Å². The third-order valence-corrected chi connectivity index (χ3v) is 4.38. The van der Waals surface area contributed by atoms with Crippen LogP contribution in [0.5, 0.6) is 23.0 Å². The maximum atomic E-state index is 12.2. The highest BCUT2D eigenvalue weighted by Crippen LogP contribution is 2.41. The van der Waals surface area contributed by atoms with Crippen molar-refractivity contribution < 1.29 is 23.7 Å². The lowest BCUT2D eigenvalue weighted by molar-refractivity contribution is -0.123. The van der Waals surface area contributed by atoms with Crippen molar-refractivity contribution in [2.24, 2.45) is 0 Å². The maximum Gasteiger partial charge on any atom is 0.258 e. The van der Waals surface area contributed by atoms with E-state index in [2.05, 4.69) is 5.32 Å². The molecule has 0 bridgehead atoms. The SMILES string of the molecule is COc1ccc(OC)c(CNC(=O)COc2cccc3c2OC(C)(C)C3)c1. The summed E-state index contributed by atoms with van der Waals surface area (Å²) in [6.07, 6.45) is 0.821. The van der Waals surface area contributed by atoms with Gasteiger partial charge in [0.2, 0.25) is 0 Å². The van der Waals surface area contributed by atoms with Crippen LogP contribution in [-0.2, 0) is 17.8 Å². The van der Waals surface area contributed by atoms with Gasteiger partial charge >= 0.3 is 0 Å². The second kappa shape index (κ2) is 7.78. The van der Waals surface area contributed by atoms with Gasteiger partial charge in [-0.2, -0.15) is 0 Å². The standard InChI is InChI=1S/C21H25NO5/c1-21(2)11-14-6-5-7-18(20(14)27-21)26-13-19(23)22-12-15-10-16(24-3)8-9-17(15)25-4/h5-10H,11-13H2,1-4H3,(H,22,23). The lowest BCUT2D eigenvalue weighted by Crippen LogP contribution is -2.28. The Labute approximate surface area is 159 Å². The zero-order valence-electron chi connectivity index (χ0n) is 16.1. The fraction of sp³-hybridized carbons (Fsp3) is 0.381. The molecule has 1 aliphatic heterocycles. The average Bonchev–Trinajstić information content (AvgIpc) is 2.98. The Kier molecular flexibility index (Phi) is 5.44. The Morgan fingerprint density at radius 3 is 2.70 bits per heavy atom. The Hall–Kier alpha value is -2.89. The van der Waals surface area contributed by atoms with Gasteiger partial charge in [0.05, 0.1) is 14.2 Å². The number of rotatable bonds is 7. The van der Waals surface area contributed by atoms with Gasteiger partial charge in [0.1, 0.15) is 17.1 Å². The molecule has 3 rings (SSSR count). The van der Waals surface area contributed by atoms with Crippen LogP contribution in [0.3, 0.4) is 0 Å². The lowest BCUT2D eigenvalue weighted by atomic mass is 10.0. The number of carbonyl (C=O) groups excluding carboxylic acids is 1. The fourth-order valence-electron chi connectivity index (χ4n) is 3.11. The average molecular weight is 371 g/mol. The molecule has 0 spiro atoms. The molecule has 0 aliphatic carbocycles. The van der Waals surface area contributed by atoms with E-state index in [1.807, 2.05) is 50.2 Å². The molecular formula is C21H25NO5. The van der Waals surface area contributed by atoms with E-state index < -0.39 is 0 Å². The van der Waals surface area contributed by atoms with Gasteiger partial charge in [-0.1, -0.05) is 12.1 Å². The molecule has 6 nitrogen and oxygen atoms in total.